The highest BCUT2D eigenvalue weighted by molar-refractivity contribution is 6.37. The third kappa shape index (κ3) is 2.98. The molecule has 0 fully saturated rings. The van der Waals surface area contributed by atoms with Crippen LogP contribution in [0.15, 0.2) is 55.1 Å². The second-order valence-electron chi connectivity index (χ2n) is 3.72. The van der Waals surface area contributed by atoms with Gasteiger partial charge in [-0.15, -0.1) is 0 Å². The summed E-state index contributed by atoms with van der Waals surface area (Å²) in [5.41, 5.74) is 1.49. The number of benzene rings is 2. The molecule has 0 saturated heterocycles. The zero-order valence-electron chi connectivity index (χ0n) is 9.90. The molecule has 0 aliphatic carbocycles. The minimum Gasteiger partial charge on any atom is -0.422 e. The average molecular weight is 293 g/mol. The lowest BCUT2D eigenvalue weighted by Crippen LogP contribution is -2.03. The van der Waals surface area contributed by atoms with Gasteiger partial charge in [0.1, 0.15) is 5.75 Å². The average Bonchev–Trinajstić information content (AvgIpc) is 2.42. The number of carbonyl (C=O) groups excluding carboxylic acids is 1. The molecule has 2 nitrogen and oxygen atoms in total. The highest BCUT2D eigenvalue weighted by atomic mass is 35.5. The molecule has 0 bridgehead atoms. The molecule has 0 aliphatic rings. The summed E-state index contributed by atoms with van der Waals surface area (Å²) in [5.74, 6) is -0.276. The first-order chi connectivity index (χ1) is 9.13. The number of hydrogen-bond acceptors (Lipinski definition) is 2. The van der Waals surface area contributed by atoms with Crippen LogP contribution in [-0.2, 0) is 4.79 Å². The van der Waals surface area contributed by atoms with E-state index in [2.05, 4.69) is 6.58 Å². The summed E-state index contributed by atoms with van der Waals surface area (Å²) in [6.45, 7) is 3.34. The lowest BCUT2D eigenvalue weighted by atomic mass is 10.1. The van der Waals surface area contributed by atoms with Crippen molar-refractivity contribution in [3.05, 3.63) is 65.2 Å². The van der Waals surface area contributed by atoms with Crippen LogP contribution in [-0.4, -0.2) is 5.97 Å². The monoisotopic (exact) mass is 292 g/mol. The summed E-state index contributed by atoms with van der Waals surface area (Å²) < 4.78 is 5.06. The molecule has 0 radical (unpaired) electrons. The third-order valence-electron chi connectivity index (χ3n) is 2.50. The molecule has 2 rings (SSSR count). The minimum absolute atomic E-state index is 0.281. The number of carbonyl (C=O) groups is 1. The van der Waals surface area contributed by atoms with E-state index in [-0.39, 0.29) is 5.75 Å². The second kappa shape index (κ2) is 5.91. The summed E-state index contributed by atoms with van der Waals surface area (Å²) in [5, 5.41) is 0.919. The molecule has 0 N–H and O–H groups in total. The topological polar surface area (TPSA) is 26.3 Å². The Kier molecular flexibility index (Phi) is 4.25. The van der Waals surface area contributed by atoms with Gasteiger partial charge in [0, 0.05) is 22.2 Å². The third-order valence-corrected chi connectivity index (χ3v) is 3.22. The molecule has 0 atom stereocenters. The summed E-state index contributed by atoms with van der Waals surface area (Å²) in [7, 11) is 0. The zero-order chi connectivity index (χ0) is 13.8. The standard InChI is InChI=1S/C15H10Cl2O2/c1-2-14(18)19-13-9-5-7-11(15(13)17)10-6-3-4-8-12(10)16/h2-9H,1H2. The van der Waals surface area contributed by atoms with E-state index in [4.69, 9.17) is 27.9 Å². The predicted octanol–water partition coefficient (Wildman–Crippen LogP) is 4.75. The molecule has 0 amide bonds. The number of halogens is 2. The highest BCUT2D eigenvalue weighted by Gasteiger charge is 2.12. The molecule has 0 spiro atoms. The van der Waals surface area contributed by atoms with Crippen molar-refractivity contribution in [2.45, 2.75) is 0 Å². The molecular formula is C15H10Cl2O2. The summed E-state index contributed by atoms with van der Waals surface area (Å²) in [4.78, 5) is 11.2. The SMILES string of the molecule is C=CC(=O)Oc1cccc(-c2ccccc2Cl)c1Cl. The summed E-state index contributed by atoms with van der Waals surface area (Å²) >= 11 is 12.4. The van der Waals surface area contributed by atoms with E-state index in [1.165, 1.54) is 0 Å². The van der Waals surface area contributed by atoms with E-state index in [9.17, 15) is 4.79 Å². The zero-order valence-corrected chi connectivity index (χ0v) is 11.4. The van der Waals surface area contributed by atoms with Gasteiger partial charge in [-0.3, -0.25) is 0 Å². The smallest absolute Gasteiger partial charge is 0.335 e. The van der Waals surface area contributed by atoms with Crippen LogP contribution in [0.2, 0.25) is 10.0 Å². The second-order valence-corrected chi connectivity index (χ2v) is 4.51. The quantitative estimate of drug-likeness (QED) is 0.463. The Morgan fingerprint density at radius 3 is 2.42 bits per heavy atom. The van der Waals surface area contributed by atoms with Crippen molar-refractivity contribution in [2.75, 3.05) is 0 Å². The van der Waals surface area contributed by atoms with Crippen LogP contribution in [0.1, 0.15) is 0 Å². The van der Waals surface area contributed by atoms with E-state index < -0.39 is 5.97 Å². The van der Waals surface area contributed by atoms with Crippen LogP contribution < -0.4 is 4.74 Å². The van der Waals surface area contributed by atoms with Gasteiger partial charge in [0.2, 0.25) is 0 Å². The Labute approximate surface area is 121 Å². The number of hydrogen-bond donors (Lipinski definition) is 0. The van der Waals surface area contributed by atoms with Crippen LogP contribution in [0.4, 0.5) is 0 Å². The van der Waals surface area contributed by atoms with Gasteiger partial charge in [-0.2, -0.15) is 0 Å². The van der Waals surface area contributed by atoms with E-state index in [0.29, 0.717) is 15.6 Å². The maximum absolute atomic E-state index is 11.2. The Morgan fingerprint density at radius 1 is 1.05 bits per heavy atom. The molecule has 4 heteroatoms. The van der Waals surface area contributed by atoms with E-state index >= 15 is 0 Å². The van der Waals surface area contributed by atoms with Crippen molar-refractivity contribution in [3.8, 4) is 16.9 Å². The lowest BCUT2D eigenvalue weighted by molar-refractivity contribution is -0.128. The van der Waals surface area contributed by atoms with Gasteiger partial charge in [0.25, 0.3) is 0 Å². The molecule has 0 saturated carbocycles. The van der Waals surface area contributed by atoms with Gasteiger partial charge >= 0.3 is 5.97 Å². The Morgan fingerprint density at radius 2 is 1.74 bits per heavy atom. The van der Waals surface area contributed by atoms with E-state index in [1.807, 2.05) is 24.3 Å². The van der Waals surface area contributed by atoms with Crippen molar-refractivity contribution in [2.24, 2.45) is 0 Å². The highest BCUT2D eigenvalue weighted by Crippen LogP contribution is 2.38. The largest absolute Gasteiger partial charge is 0.422 e. The van der Waals surface area contributed by atoms with Gasteiger partial charge in [0.05, 0.1) is 5.02 Å². The van der Waals surface area contributed by atoms with Crippen molar-refractivity contribution in [3.63, 3.8) is 0 Å². The molecular weight excluding hydrogens is 283 g/mol. The van der Waals surface area contributed by atoms with Gasteiger partial charge in [0.15, 0.2) is 0 Å². The van der Waals surface area contributed by atoms with Crippen molar-refractivity contribution >= 4 is 29.2 Å². The molecule has 19 heavy (non-hydrogen) atoms. The maximum atomic E-state index is 11.2. The molecule has 96 valence electrons. The first kappa shape index (κ1) is 13.7. The maximum Gasteiger partial charge on any atom is 0.335 e. The molecule has 2 aromatic carbocycles. The van der Waals surface area contributed by atoms with Gasteiger partial charge in [-0.1, -0.05) is 60.1 Å². The van der Waals surface area contributed by atoms with Crippen LogP contribution in [0.3, 0.4) is 0 Å². The Balaban J connectivity index is 2.49. The van der Waals surface area contributed by atoms with Crippen LogP contribution in [0.5, 0.6) is 5.75 Å². The predicted molar refractivity (Wildman–Crippen MR) is 77.7 cm³/mol. The molecule has 0 aromatic heterocycles. The Hall–Kier alpha value is -1.77. The lowest BCUT2D eigenvalue weighted by Gasteiger charge is -2.10. The van der Waals surface area contributed by atoms with Crippen molar-refractivity contribution in [1.82, 2.24) is 0 Å². The fourth-order valence-corrected chi connectivity index (χ4v) is 2.13. The summed E-state index contributed by atoms with van der Waals surface area (Å²) in [6, 6.07) is 12.5. The van der Waals surface area contributed by atoms with Gasteiger partial charge in [-0.05, 0) is 12.1 Å². The van der Waals surface area contributed by atoms with Crippen LogP contribution in [0, 0.1) is 0 Å². The first-order valence-corrected chi connectivity index (χ1v) is 6.26. The van der Waals surface area contributed by atoms with Crippen LogP contribution >= 0.6 is 23.2 Å². The fraction of sp³-hybridized carbons (Fsp3) is 0. The minimum atomic E-state index is -0.557. The van der Waals surface area contributed by atoms with Crippen molar-refractivity contribution in [1.29, 1.82) is 0 Å². The number of ether oxygens (including phenoxy) is 1. The Bertz CT molecular complexity index is 636. The van der Waals surface area contributed by atoms with Crippen LogP contribution in [0.25, 0.3) is 11.1 Å². The van der Waals surface area contributed by atoms with E-state index in [1.54, 1.807) is 18.2 Å². The molecule has 0 aliphatic heterocycles. The summed E-state index contributed by atoms with van der Waals surface area (Å²) in [6.07, 6.45) is 1.08. The fourth-order valence-electron chi connectivity index (χ4n) is 1.63. The normalized spacial score (nSPS) is 10.0. The number of esters is 1. The van der Waals surface area contributed by atoms with Gasteiger partial charge < -0.3 is 4.74 Å². The molecule has 2 aromatic rings. The first-order valence-electron chi connectivity index (χ1n) is 5.51. The molecule has 0 heterocycles. The van der Waals surface area contributed by atoms with Gasteiger partial charge in [-0.25, -0.2) is 4.79 Å². The molecule has 0 unspecified atom stereocenters. The van der Waals surface area contributed by atoms with E-state index in [0.717, 1.165) is 11.6 Å². The van der Waals surface area contributed by atoms with Crippen molar-refractivity contribution < 1.29 is 9.53 Å². The number of rotatable bonds is 3.